The average molecular weight is 340 g/mol. The summed E-state index contributed by atoms with van der Waals surface area (Å²) >= 11 is 0. The number of benzene rings is 2. The van der Waals surface area contributed by atoms with Crippen molar-refractivity contribution in [3.05, 3.63) is 48.5 Å². The Morgan fingerprint density at radius 2 is 1.88 bits per heavy atom. The third kappa shape index (κ3) is 4.15. The lowest BCUT2D eigenvalue weighted by atomic mass is 10.0. The first kappa shape index (κ1) is 17.0. The van der Waals surface area contributed by atoms with Crippen molar-refractivity contribution in [1.29, 1.82) is 0 Å². The maximum Gasteiger partial charge on any atom is 0.217 e. The molecule has 0 aromatic heterocycles. The molecule has 0 aliphatic carbocycles. The number of aromatic hydroxyl groups is 1. The van der Waals surface area contributed by atoms with Crippen molar-refractivity contribution in [3.8, 4) is 5.75 Å². The molecule has 1 aliphatic rings. The lowest BCUT2D eigenvalue weighted by Crippen LogP contribution is -2.53. The molecule has 25 heavy (non-hydrogen) atoms. The van der Waals surface area contributed by atoms with Crippen LogP contribution < -0.4 is 21.3 Å². The number of amides is 1. The van der Waals surface area contributed by atoms with Gasteiger partial charge < -0.3 is 26.4 Å². The summed E-state index contributed by atoms with van der Waals surface area (Å²) in [5.74, 6) is -0.0485. The number of rotatable bonds is 5. The van der Waals surface area contributed by atoms with E-state index in [0.717, 1.165) is 36.7 Å². The van der Waals surface area contributed by atoms with Crippen molar-refractivity contribution in [2.75, 3.05) is 35.2 Å². The second-order valence-electron chi connectivity index (χ2n) is 6.41. The molecule has 1 unspecified atom stereocenters. The highest BCUT2D eigenvalue weighted by Crippen LogP contribution is 2.28. The summed E-state index contributed by atoms with van der Waals surface area (Å²) < 4.78 is 0. The molecular formula is C19H24N4O2. The van der Waals surface area contributed by atoms with Gasteiger partial charge in [0, 0.05) is 55.2 Å². The van der Waals surface area contributed by atoms with Gasteiger partial charge in [-0.15, -0.1) is 0 Å². The van der Waals surface area contributed by atoms with Crippen LogP contribution in [0.15, 0.2) is 48.5 Å². The predicted octanol–water partition coefficient (Wildman–Crippen LogP) is 1.94. The largest absolute Gasteiger partial charge is 0.508 e. The summed E-state index contributed by atoms with van der Waals surface area (Å²) in [5, 5.41) is 9.78. The second-order valence-corrected chi connectivity index (χ2v) is 6.41. The molecule has 0 spiro atoms. The molecule has 1 atom stereocenters. The van der Waals surface area contributed by atoms with E-state index in [1.807, 2.05) is 36.4 Å². The number of phenolic OH excluding ortho intramolecular Hbond substituents is 1. The molecule has 1 aliphatic heterocycles. The van der Waals surface area contributed by atoms with Crippen LogP contribution in [0.3, 0.4) is 0 Å². The van der Waals surface area contributed by atoms with Gasteiger partial charge in [0.25, 0.3) is 0 Å². The molecule has 0 saturated carbocycles. The number of hydrogen-bond acceptors (Lipinski definition) is 5. The van der Waals surface area contributed by atoms with E-state index in [-0.39, 0.29) is 17.7 Å². The lowest BCUT2D eigenvalue weighted by Gasteiger charge is -2.44. The van der Waals surface area contributed by atoms with E-state index in [0.29, 0.717) is 12.8 Å². The van der Waals surface area contributed by atoms with Crippen LogP contribution in [0.4, 0.5) is 17.1 Å². The maximum atomic E-state index is 11.3. The van der Waals surface area contributed by atoms with Gasteiger partial charge in [0.05, 0.1) is 0 Å². The number of carbonyl (C=O) groups excluding carboxylic acids is 1. The predicted molar refractivity (Wildman–Crippen MR) is 101 cm³/mol. The van der Waals surface area contributed by atoms with E-state index in [4.69, 9.17) is 11.5 Å². The van der Waals surface area contributed by atoms with Crippen molar-refractivity contribution in [1.82, 2.24) is 0 Å². The normalized spacial score (nSPS) is 17.5. The van der Waals surface area contributed by atoms with Crippen LogP contribution in [0.1, 0.15) is 12.8 Å². The van der Waals surface area contributed by atoms with Crippen LogP contribution in [0, 0.1) is 0 Å². The minimum atomic E-state index is -0.291. The van der Waals surface area contributed by atoms with E-state index < -0.39 is 0 Å². The Hall–Kier alpha value is -2.89. The van der Waals surface area contributed by atoms with Crippen molar-refractivity contribution in [3.63, 3.8) is 0 Å². The standard InChI is InChI=1S/C19H24N4O2/c20-14-4-6-15(7-5-14)22-10-11-23(16-2-1-3-18(24)12-16)17(13-22)8-9-19(21)25/h1-7,12,17,24H,8-11,13,20H2,(H2,21,25). The highest BCUT2D eigenvalue weighted by molar-refractivity contribution is 5.73. The first-order valence-electron chi connectivity index (χ1n) is 8.47. The van der Waals surface area contributed by atoms with Crippen LogP contribution in [0.5, 0.6) is 5.75 Å². The molecule has 3 rings (SSSR count). The van der Waals surface area contributed by atoms with Crippen molar-refractivity contribution < 1.29 is 9.90 Å². The van der Waals surface area contributed by atoms with E-state index in [1.165, 1.54) is 0 Å². The number of anilines is 3. The fraction of sp³-hybridized carbons (Fsp3) is 0.316. The number of nitrogen functional groups attached to an aromatic ring is 1. The highest BCUT2D eigenvalue weighted by Gasteiger charge is 2.27. The molecule has 2 aromatic rings. The summed E-state index contributed by atoms with van der Waals surface area (Å²) in [4.78, 5) is 15.8. The van der Waals surface area contributed by atoms with Crippen LogP contribution in [0.2, 0.25) is 0 Å². The number of hydrogen-bond donors (Lipinski definition) is 3. The fourth-order valence-corrected chi connectivity index (χ4v) is 3.34. The molecule has 5 N–H and O–H groups in total. The monoisotopic (exact) mass is 340 g/mol. The second kappa shape index (κ2) is 7.34. The fourth-order valence-electron chi connectivity index (χ4n) is 3.34. The van der Waals surface area contributed by atoms with Crippen molar-refractivity contribution in [2.45, 2.75) is 18.9 Å². The van der Waals surface area contributed by atoms with Gasteiger partial charge in [0.15, 0.2) is 0 Å². The number of piperazine rings is 1. The maximum absolute atomic E-state index is 11.3. The van der Waals surface area contributed by atoms with Gasteiger partial charge in [0.2, 0.25) is 5.91 Å². The Kier molecular flexibility index (Phi) is 4.97. The van der Waals surface area contributed by atoms with Crippen LogP contribution >= 0.6 is 0 Å². The molecule has 1 saturated heterocycles. The minimum Gasteiger partial charge on any atom is -0.508 e. The molecule has 1 fully saturated rings. The third-order valence-electron chi connectivity index (χ3n) is 4.63. The Balaban J connectivity index is 1.80. The molecule has 132 valence electrons. The molecule has 6 heteroatoms. The molecule has 1 heterocycles. The third-order valence-corrected chi connectivity index (χ3v) is 4.63. The number of primary amides is 1. The lowest BCUT2D eigenvalue weighted by molar-refractivity contribution is -0.118. The average Bonchev–Trinajstić information content (AvgIpc) is 2.60. The van der Waals surface area contributed by atoms with E-state index in [1.54, 1.807) is 12.1 Å². The van der Waals surface area contributed by atoms with Gasteiger partial charge in [-0.05, 0) is 42.8 Å². The zero-order chi connectivity index (χ0) is 17.8. The molecular weight excluding hydrogens is 316 g/mol. The quantitative estimate of drug-likeness (QED) is 0.723. The Bertz CT molecular complexity index is 732. The number of nitrogens with zero attached hydrogens (tertiary/aromatic N) is 2. The summed E-state index contributed by atoms with van der Waals surface area (Å²) in [7, 11) is 0. The topological polar surface area (TPSA) is 95.8 Å². The Morgan fingerprint density at radius 1 is 1.12 bits per heavy atom. The van der Waals surface area contributed by atoms with E-state index >= 15 is 0 Å². The highest BCUT2D eigenvalue weighted by atomic mass is 16.3. The molecule has 6 nitrogen and oxygen atoms in total. The molecule has 1 amide bonds. The van der Waals surface area contributed by atoms with Gasteiger partial charge in [0.1, 0.15) is 5.75 Å². The van der Waals surface area contributed by atoms with Gasteiger partial charge in [-0.25, -0.2) is 0 Å². The number of carbonyl (C=O) groups is 1. The van der Waals surface area contributed by atoms with Gasteiger partial charge in [-0.3, -0.25) is 4.79 Å². The zero-order valence-electron chi connectivity index (χ0n) is 14.1. The molecule has 2 aromatic carbocycles. The SMILES string of the molecule is NC(=O)CCC1CN(c2ccc(N)cc2)CCN1c1cccc(O)c1. The molecule has 0 bridgehead atoms. The van der Waals surface area contributed by atoms with Crippen molar-refractivity contribution in [2.24, 2.45) is 5.73 Å². The minimum absolute atomic E-state index is 0.139. The van der Waals surface area contributed by atoms with Gasteiger partial charge >= 0.3 is 0 Å². The summed E-state index contributed by atoms with van der Waals surface area (Å²) in [6.07, 6.45) is 1.02. The summed E-state index contributed by atoms with van der Waals surface area (Å²) in [6.45, 7) is 2.44. The van der Waals surface area contributed by atoms with Crippen LogP contribution in [-0.2, 0) is 4.79 Å². The zero-order valence-corrected chi connectivity index (χ0v) is 14.1. The van der Waals surface area contributed by atoms with Crippen LogP contribution in [0.25, 0.3) is 0 Å². The van der Waals surface area contributed by atoms with Crippen LogP contribution in [-0.4, -0.2) is 36.7 Å². The first-order valence-corrected chi connectivity index (χ1v) is 8.47. The summed E-state index contributed by atoms with van der Waals surface area (Å²) in [5.41, 5.74) is 14.0. The smallest absolute Gasteiger partial charge is 0.217 e. The van der Waals surface area contributed by atoms with E-state index in [2.05, 4.69) is 9.80 Å². The number of nitrogens with two attached hydrogens (primary N) is 2. The molecule has 0 radical (unpaired) electrons. The van der Waals surface area contributed by atoms with Crippen molar-refractivity contribution >= 4 is 23.0 Å². The summed E-state index contributed by atoms with van der Waals surface area (Å²) in [6, 6.07) is 15.2. The Morgan fingerprint density at radius 3 is 2.56 bits per heavy atom. The van der Waals surface area contributed by atoms with Gasteiger partial charge in [-0.2, -0.15) is 0 Å². The van der Waals surface area contributed by atoms with E-state index in [9.17, 15) is 9.90 Å². The first-order chi connectivity index (χ1) is 12.0. The number of phenols is 1. The van der Waals surface area contributed by atoms with Gasteiger partial charge in [-0.1, -0.05) is 6.07 Å². The Labute approximate surface area is 147 Å².